The molecular weight excluding hydrogens is 336 g/mol. The molecule has 0 radical (unpaired) electrons. The molecule has 126 valence electrons. The van der Waals surface area contributed by atoms with Crippen LogP contribution in [-0.2, 0) is 11.3 Å². The van der Waals surface area contributed by atoms with Crippen LogP contribution >= 0.6 is 11.6 Å². The van der Waals surface area contributed by atoms with Crippen molar-refractivity contribution >= 4 is 40.8 Å². The Balaban J connectivity index is 1.63. The number of hydrazone groups is 1. The van der Waals surface area contributed by atoms with E-state index in [4.69, 9.17) is 11.6 Å². The fourth-order valence-corrected chi connectivity index (χ4v) is 2.66. The van der Waals surface area contributed by atoms with Gasteiger partial charge < -0.3 is 4.57 Å². The molecule has 3 aromatic rings. The molecule has 1 amide bonds. The van der Waals surface area contributed by atoms with E-state index >= 15 is 0 Å². The number of rotatable bonds is 5. The molecule has 1 aromatic heterocycles. The van der Waals surface area contributed by atoms with E-state index in [9.17, 15) is 4.79 Å². The summed E-state index contributed by atoms with van der Waals surface area (Å²) in [6, 6.07) is 17.3. The fraction of sp³-hybridized carbons (Fsp3) is 0.105. The molecule has 6 heteroatoms. The summed E-state index contributed by atoms with van der Waals surface area (Å²) < 4.78 is 1.85. The van der Waals surface area contributed by atoms with Gasteiger partial charge in [-0.05, 0) is 30.7 Å². The number of imidazole rings is 1. The summed E-state index contributed by atoms with van der Waals surface area (Å²) in [6.45, 7) is 2.01. The number of carbonyl (C=O) groups is 1. The molecule has 0 atom stereocenters. The molecule has 1 heterocycles. The van der Waals surface area contributed by atoms with Crippen molar-refractivity contribution in [3.8, 4) is 0 Å². The number of carbonyl (C=O) groups excluding carboxylic acids is 1. The normalized spacial score (nSPS) is 12.0. The number of para-hydroxylation sites is 2. The highest BCUT2D eigenvalue weighted by Gasteiger charge is 2.09. The molecule has 0 aliphatic carbocycles. The summed E-state index contributed by atoms with van der Waals surface area (Å²) in [5, 5.41) is 4.33. The quantitative estimate of drug-likeness (QED) is 0.562. The molecular formula is C19H17ClN4O. The van der Waals surface area contributed by atoms with Gasteiger partial charge in [0.15, 0.2) is 0 Å². The largest absolute Gasteiger partial charge is 0.319 e. The number of aromatic nitrogens is 2. The van der Waals surface area contributed by atoms with Gasteiger partial charge in [0.25, 0.3) is 5.91 Å². The van der Waals surface area contributed by atoms with Crippen LogP contribution in [0.1, 0.15) is 11.4 Å². The molecule has 0 bridgehead atoms. The predicted octanol–water partition coefficient (Wildman–Crippen LogP) is 3.73. The van der Waals surface area contributed by atoms with Gasteiger partial charge in [0.05, 0.1) is 22.3 Å². The van der Waals surface area contributed by atoms with Crippen LogP contribution in [0.25, 0.3) is 17.1 Å². The zero-order chi connectivity index (χ0) is 17.6. The highest BCUT2D eigenvalue weighted by molar-refractivity contribution is 6.41. The standard InChI is InChI=1S/C19H17ClN4O/c1-14-22-17-9-5-6-10-18(17)24(14)13-19(25)23-21-12-16(20)11-15-7-3-2-4-8-15/h2-12H,13H2,1H3,(H,23,25)/b16-11-,21-12-. The number of nitrogens with zero attached hydrogens (tertiary/aromatic N) is 3. The maximum Gasteiger partial charge on any atom is 0.260 e. The molecule has 3 rings (SSSR count). The van der Waals surface area contributed by atoms with Crippen molar-refractivity contribution in [3.63, 3.8) is 0 Å². The lowest BCUT2D eigenvalue weighted by atomic mass is 10.2. The fourth-order valence-electron chi connectivity index (χ4n) is 2.49. The molecule has 0 fully saturated rings. The topological polar surface area (TPSA) is 59.3 Å². The first-order chi connectivity index (χ1) is 12.1. The van der Waals surface area contributed by atoms with Gasteiger partial charge >= 0.3 is 0 Å². The first-order valence-corrected chi connectivity index (χ1v) is 8.17. The molecule has 0 saturated heterocycles. The smallest absolute Gasteiger partial charge is 0.260 e. The first kappa shape index (κ1) is 16.9. The lowest BCUT2D eigenvalue weighted by molar-refractivity contribution is -0.121. The number of aryl methyl sites for hydroxylation is 1. The van der Waals surface area contributed by atoms with Crippen LogP contribution in [0, 0.1) is 6.92 Å². The van der Waals surface area contributed by atoms with Crippen molar-refractivity contribution < 1.29 is 4.79 Å². The summed E-state index contributed by atoms with van der Waals surface area (Å²) >= 11 is 6.09. The lowest BCUT2D eigenvalue weighted by Gasteiger charge is -2.05. The molecule has 0 spiro atoms. The number of benzene rings is 2. The molecule has 2 aromatic carbocycles. The Morgan fingerprint density at radius 1 is 1.20 bits per heavy atom. The summed E-state index contributed by atoms with van der Waals surface area (Å²) in [4.78, 5) is 16.5. The van der Waals surface area contributed by atoms with Gasteiger partial charge in [-0.15, -0.1) is 0 Å². The Morgan fingerprint density at radius 2 is 1.92 bits per heavy atom. The van der Waals surface area contributed by atoms with Crippen LogP contribution in [0.4, 0.5) is 0 Å². The van der Waals surface area contributed by atoms with Gasteiger partial charge in [0.1, 0.15) is 12.4 Å². The summed E-state index contributed by atoms with van der Waals surface area (Å²) in [7, 11) is 0. The number of halogens is 1. The van der Waals surface area contributed by atoms with E-state index in [1.165, 1.54) is 6.21 Å². The Labute approximate surface area is 150 Å². The van der Waals surface area contributed by atoms with Crippen LogP contribution in [-0.4, -0.2) is 21.7 Å². The van der Waals surface area contributed by atoms with E-state index in [0.29, 0.717) is 5.03 Å². The van der Waals surface area contributed by atoms with Gasteiger partial charge in [0.2, 0.25) is 0 Å². The van der Waals surface area contributed by atoms with Crippen molar-refractivity contribution in [2.75, 3.05) is 0 Å². The minimum absolute atomic E-state index is 0.143. The molecule has 0 saturated carbocycles. The number of allylic oxidation sites excluding steroid dienone is 1. The molecule has 1 N–H and O–H groups in total. The molecule has 25 heavy (non-hydrogen) atoms. The van der Waals surface area contributed by atoms with E-state index < -0.39 is 0 Å². The minimum atomic E-state index is -0.244. The van der Waals surface area contributed by atoms with E-state index in [1.807, 2.05) is 66.1 Å². The van der Waals surface area contributed by atoms with Crippen molar-refractivity contribution in [1.29, 1.82) is 0 Å². The van der Waals surface area contributed by atoms with E-state index in [0.717, 1.165) is 22.4 Å². The predicted molar refractivity (Wildman–Crippen MR) is 101 cm³/mol. The molecule has 5 nitrogen and oxygen atoms in total. The second kappa shape index (κ2) is 7.77. The number of nitrogens with one attached hydrogen (secondary N) is 1. The highest BCUT2D eigenvalue weighted by Crippen LogP contribution is 2.15. The van der Waals surface area contributed by atoms with Gasteiger partial charge in [0, 0.05) is 0 Å². The summed E-state index contributed by atoms with van der Waals surface area (Å²) in [5.74, 6) is 0.536. The third kappa shape index (κ3) is 4.33. The van der Waals surface area contributed by atoms with Crippen LogP contribution in [0.2, 0.25) is 0 Å². The zero-order valence-corrected chi connectivity index (χ0v) is 14.4. The summed E-state index contributed by atoms with van der Waals surface area (Å²) in [5.41, 5.74) is 5.23. The third-order valence-corrected chi connectivity index (χ3v) is 3.84. The van der Waals surface area contributed by atoms with Crippen molar-refractivity contribution in [2.24, 2.45) is 5.10 Å². The number of hydrogen-bond donors (Lipinski definition) is 1. The second-order valence-corrected chi connectivity index (χ2v) is 5.90. The average Bonchev–Trinajstić information content (AvgIpc) is 2.91. The van der Waals surface area contributed by atoms with Crippen LogP contribution in [0.15, 0.2) is 64.7 Å². The molecule has 0 aliphatic heterocycles. The highest BCUT2D eigenvalue weighted by atomic mass is 35.5. The minimum Gasteiger partial charge on any atom is -0.319 e. The van der Waals surface area contributed by atoms with Gasteiger partial charge in [-0.2, -0.15) is 5.10 Å². The Morgan fingerprint density at radius 3 is 2.72 bits per heavy atom. The Kier molecular flexibility index (Phi) is 5.26. The monoisotopic (exact) mass is 352 g/mol. The van der Waals surface area contributed by atoms with Crippen LogP contribution in [0.3, 0.4) is 0 Å². The third-order valence-electron chi connectivity index (χ3n) is 3.63. The number of hydrogen-bond acceptors (Lipinski definition) is 3. The summed E-state index contributed by atoms with van der Waals surface area (Å²) in [6.07, 6.45) is 3.18. The van der Waals surface area contributed by atoms with Gasteiger partial charge in [-0.25, -0.2) is 10.4 Å². The first-order valence-electron chi connectivity index (χ1n) is 7.79. The maximum atomic E-state index is 12.1. The Bertz CT molecular complexity index is 944. The maximum absolute atomic E-state index is 12.1. The van der Waals surface area contributed by atoms with E-state index in [2.05, 4.69) is 15.5 Å². The van der Waals surface area contributed by atoms with Gasteiger partial charge in [-0.3, -0.25) is 4.79 Å². The van der Waals surface area contributed by atoms with E-state index in [-0.39, 0.29) is 12.5 Å². The SMILES string of the molecule is Cc1nc2ccccc2n1CC(=O)N/N=C\C(Cl)=C\c1ccccc1. The number of amides is 1. The van der Waals surface area contributed by atoms with Crippen LogP contribution < -0.4 is 5.43 Å². The molecule has 0 aliphatic rings. The second-order valence-electron chi connectivity index (χ2n) is 5.47. The Hall–Kier alpha value is -2.92. The number of fused-ring (bicyclic) bond motifs is 1. The zero-order valence-electron chi connectivity index (χ0n) is 13.7. The van der Waals surface area contributed by atoms with Crippen molar-refractivity contribution in [2.45, 2.75) is 13.5 Å². The van der Waals surface area contributed by atoms with Crippen LogP contribution in [0.5, 0.6) is 0 Å². The van der Waals surface area contributed by atoms with Crippen molar-refractivity contribution in [3.05, 3.63) is 71.0 Å². The van der Waals surface area contributed by atoms with Crippen molar-refractivity contribution in [1.82, 2.24) is 15.0 Å². The molecule has 0 unspecified atom stereocenters. The van der Waals surface area contributed by atoms with E-state index in [1.54, 1.807) is 6.08 Å². The lowest BCUT2D eigenvalue weighted by Crippen LogP contribution is -2.23. The average molecular weight is 353 g/mol. The van der Waals surface area contributed by atoms with Gasteiger partial charge in [-0.1, -0.05) is 54.1 Å².